The molecule has 0 atom stereocenters. The molecule has 0 saturated carbocycles. The van der Waals surface area contributed by atoms with Gasteiger partial charge in [0.05, 0.1) is 5.39 Å². The molecule has 2 aromatic carbocycles. The van der Waals surface area contributed by atoms with E-state index in [4.69, 9.17) is 0 Å². The van der Waals surface area contributed by atoms with Crippen LogP contribution in [0.15, 0.2) is 59.4 Å². The molecule has 0 unspecified atom stereocenters. The SMILES string of the molecule is CN(C)CCN(CCCc1ccccc1)C(=O)c1nn(C)c(=O)c2ccccc12. The van der Waals surface area contributed by atoms with Gasteiger partial charge in [-0.1, -0.05) is 48.5 Å². The van der Waals surface area contributed by atoms with E-state index in [1.807, 2.05) is 49.3 Å². The zero-order chi connectivity index (χ0) is 20.8. The topological polar surface area (TPSA) is 58.4 Å². The van der Waals surface area contributed by atoms with E-state index in [1.165, 1.54) is 10.2 Å². The summed E-state index contributed by atoms with van der Waals surface area (Å²) in [7, 11) is 5.57. The molecule has 0 spiro atoms. The fraction of sp³-hybridized carbons (Fsp3) is 0.348. The van der Waals surface area contributed by atoms with Crippen molar-refractivity contribution >= 4 is 16.7 Å². The van der Waals surface area contributed by atoms with Gasteiger partial charge in [0.1, 0.15) is 0 Å². The van der Waals surface area contributed by atoms with Gasteiger partial charge >= 0.3 is 0 Å². The van der Waals surface area contributed by atoms with Crippen LogP contribution in [-0.2, 0) is 13.5 Å². The molecule has 0 fully saturated rings. The van der Waals surface area contributed by atoms with Gasteiger partial charge in [0, 0.05) is 32.1 Å². The molecule has 6 heteroatoms. The Hall–Kier alpha value is -2.99. The van der Waals surface area contributed by atoms with Gasteiger partial charge in [-0.25, -0.2) is 4.68 Å². The number of benzene rings is 2. The summed E-state index contributed by atoms with van der Waals surface area (Å²) in [5.41, 5.74) is 1.40. The maximum absolute atomic E-state index is 13.4. The molecule has 1 amide bonds. The molecule has 0 aliphatic rings. The molecule has 3 rings (SSSR count). The molecular weight excluding hydrogens is 364 g/mol. The lowest BCUT2D eigenvalue weighted by molar-refractivity contribution is 0.0737. The molecule has 0 N–H and O–H groups in total. The van der Waals surface area contributed by atoms with Gasteiger partial charge < -0.3 is 9.80 Å². The Labute approximate surface area is 171 Å². The molecule has 0 aliphatic carbocycles. The minimum absolute atomic E-state index is 0.133. The van der Waals surface area contributed by atoms with Crippen LogP contribution in [0.2, 0.25) is 0 Å². The van der Waals surface area contributed by atoms with Crippen LogP contribution in [0.4, 0.5) is 0 Å². The third-order valence-corrected chi connectivity index (χ3v) is 5.00. The minimum atomic E-state index is -0.193. The average Bonchev–Trinajstić information content (AvgIpc) is 2.73. The zero-order valence-corrected chi connectivity index (χ0v) is 17.3. The summed E-state index contributed by atoms with van der Waals surface area (Å²) in [6, 6.07) is 17.5. The Bertz CT molecular complexity index is 1030. The lowest BCUT2D eigenvalue weighted by atomic mass is 10.1. The van der Waals surface area contributed by atoms with Crippen LogP contribution in [-0.4, -0.2) is 59.2 Å². The maximum atomic E-state index is 13.4. The number of nitrogens with zero attached hydrogens (tertiary/aromatic N) is 4. The van der Waals surface area contributed by atoms with E-state index in [0.717, 1.165) is 19.4 Å². The van der Waals surface area contributed by atoms with Crippen LogP contribution >= 0.6 is 0 Å². The molecule has 3 aromatic rings. The first-order chi connectivity index (χ1) is 14.0. The summed E-state index contributed by atoms with van der Waals surface area (Å²) in [6.45, 7) is 2.01. The van der Waals surface area contributed by atoms with E-state index in [-0.39, 0.29) is 11.5 Å². The highest BCUT2D eigenvalue weighted by Gasteiger charge is 2.21. The highest BCUT2D eigenvalue weighted by atomic mass is 16.2. The third-order valence-electron chi connectivity index (χ3n) is 5.00. The standard InChI is InChI=1S/C23H28N4O2/c1-25(2)16-17-27(15-9-12-18-10-5-4-6-11-18)23(29)21-19-13-7-8-14-20(19)22(28)26(3)24-21/h4-8,10-11,13-14H,9,12,15-17H2,1-3H3. The number of carbonyl (C=O) groups excluding carboxylic acids is 1. The second-order valence-corrected chi connectivity index (χ2v) is 7.51. The summed E-state index contributed by atoms with van der Waals surface area (Å²) >= 11 is 0. The number of hydrogen-bond donors (Lipinski definition) is 0. The van der Waals surface area contributed by atoms with Crippen LogP contribution in [0.5, 0.6) is 0 Å². The second kappa shape index (κ2) is 9.47. The molecule has 0 radical (unpaired) electrons. The number of carbonyl (C=O) groups is 1. The maximum Gasteiger partial charge on any atom is 0.274 e. The molecule has 1 aromatic heterocycles. The first kappa shape index (κ1) is 20.7. The molecule has 29 heavy (non-hydrogen) atoms. The van der Waals surface area contributed by atoms with Crippen LogP contribution in [0.3, 0.4) is 0 Å². The van der Waals surface area contributed by atoms with Gasteiger partial charge in [-0.2, -0.15) is 5.10 Å². The fourth-order valence-electron chi connectivity index (χ4n) is 3.36. The molecule has 0 aliphatic heterocycles. The van der Waals surface area contributed by atoms with Crippen LogP contribution < -0.4 is 5.56 Å². The Balaban J connectivity index is 1.85. The van der Waals surface area contributed by atoms with E-state index < -0.39 is 0 Å². The van der Waals surface area contributed by atoms with Gasteiger partial charge in [-0.3, -0.25) is 9.59 Å². The van der Waals surface area contributed by atoms with Crippen molar-refractivity contribution in [2.24, 2.45) is 7.05 Å². The van der Waals surface area contributed by atoms with Crippen molar-refractivity contribution in [2.45, 2.75) is 12.8 Å². The monoisotopic (exact) mass is 392 g/mol. The largest absolute Gasteiger partial charge is 0.336 e. The fourth-order valence-corrected chi connectivity index (χ4v) is 3.36. The molecular formula is C23H28N4O2. The normalized spacial score (nSPS) is 11.2. The third kappa shape index (κ3) is 5.09. The summed E-state index contributed by atoms with van der Waals surface area (Å²) in [5, 5.41) is 5.44. The molecule has 0 saturated heterocycles. The Kier molecular flexibility index (Phi) is 6.77. The predicted octanol–water partition coefficient (Wildman–Crippen LogP) is 2.57. The molecule has 0 bridgehead atoms. The van der Waals surface area contributed by atoms with Crippen molar-refractivity contribution in [3.63, 3.8) is 0 Å². The highest BCUT2D eigenvalue weighted by Crippen LogP contribution is 2.16. The van der Waals surface area contributed by atoms with Crippen molar-refractivity contribution in [1.82, 2.24) is 19.6 Å². The summed E-state index contributed by atoms with van der Waals surface area (Å²) in [6.07, 6.45) is 1.78. The van der Waals surface area contributed by atoms with Gasteiger partial charge in [0.25, 0.3) is 11.5 Å². The van der Waals surface area contributed by atoms with Gasteiger partial charge in [-0.05, 0) is 38.6 Å². The van der Waals surface area contributed by atoms with Crippen molar-refractivity contribution in [3.8, 4) is 0 Å². The van der Waals surface area contributed by atoms with Crippen molar-refractivity contribution in [2.75, 3.05) is 33.7 Å². The Morgan fingerprint density at radius 1 is 0.931 bits per heavy atom. The number of likely N-dealkylation sites (N-methyl/N-ethyl adjacent to an activating group) is 1. The zero-order valence-electron chi connectivity index (χ0n) is 17.3. The van der Waals surface area contributed by atoms with E-state index >= 15 is 0 Å². The lowest BCUT2D eigenvalue weighted by Crippen LogP contribution is -2.39. The van der Waals surface area contributed by atoms with Crippen molar-refractivity contribution < 1.29 is 4.79 Å². The highest BCUT2D eigenvalue weighted by molar-refractivity contribution is 6.04. The van der Waals surface area contributed by atoms with Gasteiger partial charge in [0.2, 0.25) is 0 Å². The number of aryl methyl sites for hydroxylation is 2. The summed E-state index contributed by atoms with van der Waals surface area (Å²) in [5.74, 6) is -0.133. The number of rotatable bonds is 8. The molecule has 152 valence electrons. The van der Waals surface area contributed by atoms with Crippen LogP contribution in [0.25, 0.3) is 10.8 Å². The van der Waals surface area contributed by atoms with Crippen molar-refractivity contribution in [3.05, 3.63) is 76.2 Å². The first-order valence-electron chi connectivity index (χ1n) is 9.91. The van der Waals surface area contributed by atoms with E-state index in [2.05, 4.69) is 22.1 Å². The molecule has 1 heterocycles. The number of amides is 1. The number of aromatic nitrogens is 2. The summed E-state index contributed by atoms with van der Waals surface area (Å²) in [4.78, 5) is 29.7. The van der Waals surface area contributed by atoms with E-state index in [9.17, 15) is 9.59 Å². The van der Waals surface area contributed by atoms with Crippen LogP contribution in [0, 0.1) is 0 Å². The Morgan fingerprint density at radius 2 is 1.59 bits per heavy atom. The summed E-state index contributed by atoms with van der Waals surface area (Å²) < 4.78 is 1.25. The molecule has 6 nitrogen and oxygen atoms in total. The first-order valence-corrected chi connectivity index (χ1v) is 9.91. The minimum Gasteiger partial charge on any atom is -0.336 e. The van der Waals surface area contributed by atoms with Crippen molar-refractivity contribution in [1.29, 1.82) is 0 Å². The number of hydrogen-bond acceptors (Lipinski definition) is 4. The quantitative estimate of drug-likeness (QED) is 0.591. The predicted molar refractivity (Wildman–Crippen MR) is 116 cm³/mol. The lowest BCUT2D eigenvalue weighted by Gasteiger charge is -2.25. The second-order valence-electron chi connectivity index (χ2n) is 7.51. The number of fused-ring (bicyclic) bond motifs is 1. The van der Waals surface area contributed by atoms with Gasteiger partial charge in [0.15, 0.2) is 5.69 Å². The van der Waals surface area contributed by atoms with E-state index in [1.54, 1.807) is 19.2 Å². The van der Waals surface area contributed by atoms with Crippen LogP contribution in [0.1, 0.15) is 22.5 Å². The van der Waals surface area contributed by atoms with Gasteiger partial charge in [-0.15, -0.1) is 0 Å². The smallest absolute Gasteiger partial charge is 0.274 e. The average molecular weight is 393 g/mol. The van der Waals surface area contributed by atoms with E-state index in [0.29, 0.717) is 29.6 Å². The Morgan fingerprint density at radius 3 is 2.28 bits per heavy atom.